The van der Waals surface area contributed by atoms with Crippen molar-refractivity contribution < 1.29 is 0 Å². The van der Waals surface area contributed by atoms with Gasteiger partial charge in [0, 0.05) is 32.3 Å². The van der Waals surface area contributed by atoms with E-state index >= 15 is 0 Å². The third-order valence-corrected chi connectivity index (χ3v) is 3.96. The number of aromatic nitrogens is 6. The Labute approximate surface area is 152 Å². The molecule has 3 aromatic rings. The van der Waals surface area contributed by atoms with Gasteiger partial charge in [-0.05, 0) is 18.6 Å². The van der Waals surface area contributed by atoms with Gasteiger partial charge in [0.05, 0.1) is 0 Å². The normalized spacial score (nSPS) is 11.8. The van der Waals surface area contributed by atoms with E-state index in [0.717, 1.165) is 55.7 Å². The Balaban J connectivity index is 1.62. The minimum Gasteiger partial charge on any atom is -0.356 e. The Hall–Kier alpha value is -2.97. The van der Waals surface area contributed by atoms with Gasteiger partial charge in [-0.2, -0.15) is 0 Å². The summed E-state index contributed by atoms with van der Waals surface area (Å²) in [6, 6.07) is 5.84. The van der Waals surface area contributed by atoms with Crippen LogP contribution in [-0.2, 0) is 19.5 Å². The van der Waals surface area contributed by atoms with Crippen molar-refractivity contribution in [2.24, 2.45) is 4.99 Å². The van der Waals surface area contributed by atoms with Crippen molar-refractivity contribution in [3.63, 3.8) is 0 Å². The zero-order valence-corrected chi connectivity index (χ0v) is 15.3. The fraction of sp³-hybridized carbons (Fsp3) is 0.471. The van der Waals surface area contributed by atoms with Gasteiger partial charge in [-0.3, -0.25) is 4.40 Å². The maximum absolute atomic E-state index is 4.65. The van der Waals surface area contributed by atoms with Gasteiger partial charge in [0.15, 0.2) is 17.4 Å². The molecule has 0 aliphatic rings. The summed E-state index contributed by atoms with van der Waals surface area (Å²) in [6.45, 7) is 7.04. The fourth-order valence-corrected chi connectivity index (χ4v) is 2.60. The van der Waals surface area contributed by atoms with Crippen molar-refractivity contribution in [3.8, 4) is 0 Å². The maximum Gasteiger partial charge on any atom is 0.191 e. The SMILES string of the molecule is CCCNC(=NCc1nnc2ccccn12)NCCn1cnnc1CC. The molecule has 9 nitrogen and oxygen atoms in total. The number of pyridine rings is 1. The third-order valence-electron chi connectivity index (χ3n) is 3.96. The summed E-state index contributed by atoms with van der Waals surface area (Å²) in [4.78, 5) is 4.65. The molecule has 0 amide bonds. The average Bonchev–Trinajstić information content (AvgIpc) is 3.30. The van der Waals surface area contributed by atoms with Gasteiger partial charge < -0.3 is 15.2 Å². The Morgan fingerprint density at radius 2 is 1.96 bits per heavy atom. The molecule has 0 spiro atoms. The Bertz CT molecular complexity index is 849. The van der Waals surface area contributed by atoms with Gasteiger partial charge in [0.2, 0.25) is 0 Å². The van der Waals surface area contributed by atoms with Gasteiger partial charge in [0.1, 0.15) is 18.7 Å². The van der Waals surface area contributed by atoms with Crippen LogP contribution >= 0.6 is 0 Å². The number of aryl methyl sites for hydroxylation is 1. The molecule has 0 aliphatic carbocycles. The summed E-state index contributed by atoms with van der Waals surface area (Å²) in [5.41, 5.74) is 0.827. The first-order chi connectivity index (χ1) is 12.8. The number of nitrogens with one attached hydrogen (secondary N) is 2. The summed E-state index contributed by atoms with van der Waals surface area (Å²) < 4.78 is 4.00. The van der Waals surface area contributed by atoms with Crippen LogP contribution < -0.4 is 10.6 Å². The molecule has 0 saturated carbocycles. The molecule has 3 aromatic heterocycles. The number of nitrogens with zero attached hydrogens (tertiary/aromatic N) is 7. The van der Waals surface area contributed by atoms with Crippen molar-refractivity contribution >= 4 is 11.6 Å². The van der Waals surface area contributed by atoms with E-state index in [2.05, 4.69) is 54.4 Å². The lowest BCUT2D eigenvalue weighted by atomic mass is 10.4. The first-order valence-electron chi connectivity index (χ1n) is 8.99. The number of aliphatic imine (C=N–C) groups is 1. The molecule has 0 unspecified atom stereocenters. The van der Waals surface area contributed by atoms with Gasteiger partial charge in [0.25, 0.3) is 0 Å². The molecule has 138 valence electrons. The molecule has 3 heterocycles. The van der Waals surface area contributed by atoms with Crippen LogP contribution in [-0.4, -0.2) is 48.4 Å². The molecule has 0 radical (unpaired) electrons. The van der Waals surface area contributed by atoms with Crippen molar-refractivity contribution in [1.82, 2.24) is 40.0 Å². The molecule has 0 fully saturated rings. The molecule has 2 N–H and O–H groups in total. The molecule has 26 heavy (non-hydrogen) atoms. The van der Waals surface area contributed by atoms with Gasteiger partial charge in [-0.15, -0.1) is 20.4 Å². The zero-order chi connectivity index (χ0) is 18.2. The van der Waals surface area contributed by atoms with Crippen LogP contribution in [0.3, 0.4) is 0 Å². The monoisotopic (exact) mass is 355 g/mol. The van der Waals surface area contributed by atoms with Crippen molar-refractivity contribution in [2.45, 2.75) is 39.8 Å². The molecule has 0 atom stereocenters. The Kier molecular flexibility index (Phi) is 6.13. The average molecular weight is 355 g/mol. The van der Waals surface area contributed by atoms with Crippen LogP contribution in [0.1, 0.15) is 31.9 Å². The lowest BCUT2D eigenvalue weighted by Gasteiger charge is -2.12. The number of hydrogen-bond acceptors (Lipinski definition) is 5. The van der Waals surface area contributed by atoms with Crippen LogP contribution in [0.2, 0.25) is 0 Å². The molecular formula is C17H25N9. The van der Waals surface area contributed by atoms with E-state index in [1.807, 2.05) is 28.8 Å². The lowest BCUT2D eigenvalue weighted by molar-refractivity contribution is 0.630. The standard InChI is InChI=1S/C17H25N9/c1-3-8-18-17(19-9-11-25-13-21-22-14(25)4-2)20-12-16-24-23-15-7-5-6-10-26(15)16/h5-7,10,13H,3-4,8-9,11-12H2,1-2H3,(H2,18,19,20). The van der Waals surface area contributed by atoms with Gasteiger partial charge >= 0.3 is 0 Å². The van der Waals surface area contributed by atoms with Crippen LogP contribution in [0.15, 0.2) is 35.7 Å². The first-order valence-corrected chi connectivity index (χ1v) is 8.99. The predicted molar refractivity (Wildman–Crippen MR) is 99.8 cm³/mol. The topological polar surface area (TPSA) is 97.3 Å². The van der Waals surface area contributed by atoms with Gasteiger partial charge in [-0.25, -0.2) is 4.99 Å². The first kappa shape index (κ1) is 17.8. The van der Waals surface area contributed by atoms with E-state index in [1.165, 1.54) is 0 Å². The van der Waals surface area contributed by atoms with E-state index in [9.17, 15) is 0 Å². The van der Waals surface area contributed by atoms with Crippen molar-refractivity contribution in [2.75, 3.05) is 13.1 Å². The smallest absolute Gasteiger partial charge is 0.191 e. The minimum absolute atomic E-state index is 0.455. The number of fused-ring (bicyclic) bond motifs is 1. The fourth-order valence-electron chi connectivity index (χ4n) is 2.60. The lowest BCUT2D eigenvalue weighted by Crippen LogP contribution is -2.39. The van der Waals surface area contributed by atoms with E-state index < -0.39 is 0 Å². The summed E-state index contributed by atoms with van der Waals surface area (Å²) in [5.74, 6) is 2.57. The number of hydrogen-bond donors (Lipinski definition) is 2. The minimum atomic E-state index is 0.455. The molecule has 0 aromatic carbocycles. The predicted octanol–water partition coefficient (Wildman–Crippen LogP) is 1.03. The summed E-state index contributed by atoms with van der Waals surface area (Å²) >= 11 is 0. The number of guanidine groups is 1. The maximum atomic E-state index is 4.65. The van der Waals surface area contributed by atoms with Crippen molar-refractivity contribution in [3.05, 3.63) is 42.4 Å². The Morgan fingerprint density at radius 3 is 2.81 bits per heavy atom. The summed E-state index contributed by atoms with van der Waals surface area (Å²) in [7, 11) is 0. The largest absolute Gasteiger partial charge is 0.356 e. The van der Waals surface area contributed by atoms with Crippen LogP contribution in [0.25, 0.3) is 5.65 Å². The van der Waals surface area contributed by atoms with Crippen LogP contribution in [0, 0.1) is 0 Å². The second-order valence-electron chi connectivity index (χ2n) is 5.86. The van der Waals surface area contributed by atoms with Gasteiger partial charge in [-0.1, -0.05) is 19.9 Å². The summed E-state index contributed by atoms with van der Waals surface area (Å²) in [6.07, 6.45) is 5.61. The highest BCUT2D eigenvalue weighted by molar-refractivity contribution is 5.79. The second kappa shape index (κ2) is 8.93. The highest BCUT2D eigenvalue weighted by Crippen LogP contribution is 2.03. The van der Waals surface area contributed by atoms with Crippen LogP contribution in [0.4, 0.5) is 0 Å². The number of rotatable bonds is 8. The molecule has 0 aliphatic heterocycles. The van der Waals surface area contributed by atoms with Crippen molar-refractivity contribution in [1.29, 1.82) is 0 Å². The third kappa shape index (κ3) is 4.35. The second-order valence-corrected chi connectivity index (χ2v) is 5.86. The van der Waals surface area contributed by atoms with E-state index in [0.29, 0.717) is 6.54 Å². The van der Waals surface area contributed by atoms with E-state index in [-0.39, 0.29) is 0 Å². The molecular weight excluding hydrogens is 330 g/mol. The van der Waals surface area contributed by atoms with E-state index in [1.54, 1.807) is 6.33 Å². The highest BCUT2D eigenvalue weighted by atomic mass is 15.3. The van der Waals surface area contributed by atoms with E-state index in [4.69, 9.17) is 0 Å². The molecule has 0 bridgehead atoms. The highest BCUT2D eigenvalue weighted by Gasteiger charge is 2.05. The molecule has 0 saturated heterocycles. The van der Waals surface area contributed by atoms with Crippen LogP contribution in [0.5, 0.6) is 0 Å². The quantitative estimate of drug-likeness (QED) is 0.463. The molecule has 9 heteroatoms. The zero-order valence-electron chi connectivity index (χ0n) is 15.3. The summed E-state index contributed by atoms with van der Waals surface area (Å²) in [5, 5.41) is 23.1. The molecule has 3 rings (SSSR count). The Morgan fingerprint density at radius 1 is 1.08 bits per heavy atom.